The molecule has 0 saturated carbocycles. The van der Waals surface area contributed by atoms with Crippen molar-refractivity contribution in [2.24, 2.45) is 5.41 Å². The number of nitrogens with zero attached hydrogens (tertiary/aromatic N) is 1. The molecule has 0 amide bonds. The third kappa shape index (κ3) is 4.81. The van der Waals surface area contributed by atoms with Crippen LogP contribution in [-0.4, -0.2) is 31.1 Å². The van der Waals surface area contributed by atoms with Crippen LogP contribution in [-0.2, 0) is 6.18 Å². The topological polar surface area (TPSA) is 15.3 Å². The Morgan fingerprint density at radius 1 is 1.09 bits per heavy atom. The lowest BCUT2D eigenvalue weighted by molar-refractivity contribution is -0.139. The van der Waals surface area contributed by atoms with Crippen LogP contribution in [0.1, 0.15) is 37.9 Å². The number of hydrogen-bond donors (Lipinski definition) is 1. The van der Waals surface area contributed by atoms with Gasteiger partial charge in [-0.15, -0.1) is 12.4 Å². The fraction of sp³-hybridized carbons (Fsp3) is 0.625. The molecule has 1 fully saturated rings. The standard InChI is InChI=1S/C16H22F4N2.ClH/c1-15(2,3)14(22-8-6-21-7-9-22)12-5-4-11(17)10-13(12)16(18,19)20;/h4-5,10,14,21H,6-9H2,1-3H3;1H/t14-;/m0./s1. The summed E-state index contributed by atoms with van der Waals surface area (Å²) in [6.45, 7) is 8.60. The summed E-state index contributed by atoms with van der Waals surface area (Å²) in [4.78, 5) is 2.05. The molecule has 132 valence electrons. The zero-order chi connectivity index (χ0) is 16.5. The van der Waals surface area contributed by atoms with Gasteiger partial charge in [0.2, 0.25) is 0 Å². The Hall–Kier alpha value is -0.850. The molecule has 2 rings (SSSR count). The molecule has 0 radical (unpaired) electrons. The average molecular weight is 355 g/mol. The van der Waals surface area contributed by atoms with Crippen LogP contribution in [0.4, 0.5) is 17.6 Å². The van der Waals surface area contributed by atoms with E-state index in [-0.39, 0.29) is 18.0 Å². The second-order valence-electron chi connectivity index (χ2n) is 6.78. The van der Waals surface area contributed by atoms with Gasteiger partial charge in [-0.05, 0) is 23.1 Å². The number of rotatable bonds is 2. The summed E-state index contributed by atoms with van der Waals surface area (Å²) in [6.07, 6.45) is -4.56. The van der Waals surface area contributed by atoms with Crippen LogP contribution in [0.5, 0.6) is 0 Å². The van der Waals surface area contributed by atoms with E-state index in [9.17, 15) is 17.6 Å². The van der Waals surface area contributed by atoms with Crippen molar-refractivity contribution >= 4 is 12.4 Å². The zero-order valence-corrected chi connectivity index (χ0v) is 14.3. The summed E-state index contributed by atoms with van der Waals surface area (Å²) in [5, 5.41) is 3.20. The molecular formula is C16H23ClF4N2. The minimum absolute atomic E-state index is 0. The van der Waals surface area contributed by atoms with Gasteiger partial charge in [0.05, 0.1) is 5.56 Å². The zero-order valence-electron chi connectivity index (χ0n) is 13.5. The Kier molecular flexibility index (Phi) is 6.47. The van der Waals surface area contributed by atoms with Crippen molar-refractivity contribution in [2.75, 3.05) is 26.2 Å². The molecular weight excluding hydrogens is 332 g/mol. The summed E-state index contributed by atoms with van der Waals surface area (Å²) < 4.78 is 53.4. The Morgan fingerprint density at radius 2 is 1.65 bits per heavy atom. The van der Waals surface area contributed by atoms with E-state index in [0.717, 1.165) is 19.2 Å². The second kappa shape index (κ2) is 7.36. The molecule has 1 aliphatic rings. The highest BCUT2D eigenvalue weighted by Crippen LogP contribution is 2.44. The molecule has 1 aromatic carbocycles. The van der Waals surface area contributed by atoms with Gasteiger partial charge in [-0.2, -0.15) is 13.2 Å². The van der Waals surface area contributed by atoms with E-state index < -0.39 is 29.0 Å². The molecule has 1 heterocycles. The average Bonchev–Trinajstić information content (AvgIpc) is 2.39. The number of piperazine rings is 1. The SMILES string of the molecule is CC(C)(C)[C@H](c1ccc(F)cc1C(F)(F)F)N1CCNCC1.Cl. The Labute approximate surface area is 140 Å². The van der Waals surface area contributed by atoms with Crippen LogP contribution in [0.3, 0.4) is 0 Å². The van der Waals surface area contributed by atoms with Crippen molar-refractivity contribution < 1.29 is 17.6 Å². The number of nitrogens with one attached hydrogen (secondary N) is 1. The van der Waals surface area contributed by atoms with Gasteiger partial charge < -0.3 is 5.32 Å². The maximum Gasteiger partial charge on any atom is 0.416 e. The summed E-state index contributed by atoms with van der Waals surface area (Å²) in [5.74, 6) is -0.857. The first-order chi connectivity index (χ1) is 10.1. The molecule has 1 aliphatic heterocycles. The third-order valence-electron chi connectivity index (χ3n) is 3.95. The lowest BCUT2D eigenvalue weighted by atomic mass is 9.79. The van der Waals surface area contributed by atoms with Crippen LogP contribution in [0.2, 0.25) is 0 Å². The number of alkyl halides is 3. The van der Waals surface area contributed by atoms with E-state index in [0.29, 0.717) is 19.2 Å². The Bertz CT molecular complexity index is 520. The number of halogens is 5. The lowest BCUT2D eigenvalue weighted by Gasteiger charge is -2.43. The highest BCUT2D eigenvalue weighted by atomic mass is 35.5. The van der Waals surface area contributed by atoms with E-state index in [4.69, 9.17) is 0 Å². The molecule has 0 bridgehead atoms. The summed E-state index contributed by atoms with van der Waals surface area (Å²) >= 11 is 0. The fourth-order valence-corrected chi connectivity index (χ4v) is 3.16. The van der Waals surface area contributed by atoms with E-state index in [2.05, 4.69) is 10.2 Å². The number of hydrogen-bond acceptors (Lipinski definition) is 2. The summed E-state index contributed by atoms with van der Waals surface area (Å²) in [5.41, 5.74) is -1.11. The van der Waals surface area contributed by atoms with Crippen LogP contribution < -0.4 is 5.32 Å². The molecule has 1 aromatic rings. The molecule has 7 heteroatoms. The van der Waals surface area contributed by atoms with E-state index in [1.54, 1.807) is 0 Å². The highest BCUT2D eigenvalue weighted by Gasteiger charge is 2.40. The van der Waals surface area contributed by atoms with Gasteiger partial charge in [0.25, 0.3) is 0 Å². The van der Waals surface area contributed by atoms with Crippen LogP contribution in [0, 0.1) is 11.2 Å². The largest absolute Gasteiger partial charge is 0.416 e. The fourth-order valence-electron chi connectivity index (χ4n) is 3.16. The molecule has 0 spiro atoms. The molecule has 1 atom stereocenters. The van der Waals surface area contributed by atoms with E-state index in [1.165, 1.54) is 6.07 Å². The molecule has 0 unspecified atom stereocenters. The molecule has 1 N–H and O–H groups in total. The van der Waals surface area contributed by atoms with Gasteiger partial charge in [-0.3, -0.25) is 4.90 Å². The van der Waals surface area contributed by atoms with Gasteiger partial charge in [0.15, 0.2) is 0 Å². The normalized spacial score (nSPS) is 18.4. The minimum Gasteiger partial charge on any atom is -0.314 e. The lowest BCUT2D eigenvalue weighted by Crippen LogP contribution is -2.48. The Morgan fingerprint density at radius 3 is 2.13 bits per heavy atom. The van der Waals surface area contributed by atoms with Crippen molar-refractivity contribution in [3.63, 3.8) is 0 Å². The predicted octanol–water partition coefficient (Wildman–Crippen LogP) is 4.26. The number of benzene rings is 1. The van der Waals surface area contributed by atoms with Crippen molar-refractivity contribution in [2.45, 2.75) is 33.0 Å². The first-order valence-corrected chi connectivity index (χ1v) is 7.42. The van der Waals surface area contributed by atoms with E-state index in [1.807, 2.05) is 20.8 Å². The van der Waals surface area contributed by atoms with Gasteiger partial charge in [0.1, 0.15) is 5.82 Å². The summed E-state index contributed by atoms with van der Waals surface area (Å²) in [6, 6.07) is 2.60. The molecule has 23 heavy (non-hydrogen) atoms. The summed E-state index contributed by atoms with van der Waals surface area (Å²) in [7, 11) is 0. The molecule has 0 aromatic heterocycles. The van der Waals surface area contributed by atoms with Crippen LogP contribution in [0.25, 0.3) is 0 Å². The minimum atomic E-state index is -4.56. The van der Waals surface area contributed by atoms with Crippen molar-refractivity contribution in [3.8, 4) is 0 Å². The van der Waals surface area contributed by atoms with Crippen LogP contribution >= 0.6 is 12.4 Å². The quantitative estimate of drug-likeness (QED) is 0.798. The maximum atomic E-state index is 13.4. The first kappa shape index (κ1) is 20.2. The second-order valence-corrected chi connectivity index (χ2v) is 6.78. The first-order valence-electron chi connectivity index (χ1n) is 7.42. The van der Waals surface area contributed by atoms with Crippen molar-refractivity contribution in [1.29, 1.82) is 0 Å². The van der Waals surface area contributed by atoms with E-state index >= 15 is 0 Å². The van der Waals surface area contributed by atoms with Gasteiger partial charge in [-0.1, -0.05) is 26.8 Å². The smallest absolute Gasteiger partial charge is 0.314 e. The Balaban J connectivity index is 0.00000264. The predicted molar refractivity (Wildman–Crippen MR) is 85.3 cm³/mol. The third-order valence-corrected chi connectivity index (χ3v) is 3.95. The molecule has 1 saturated heterocycles. The van der Waals surface area contributed by atoms with Gasteiger partial charge in [-0.25, -0.2) is 4.39 Å². The highest BCUT2D eigenvalue weighted by molar-refractivity contribution is 5.85. The van der Waals surface area contributed by atoms with Gasteiger partial charge in [0, 0.05) is 32.2 Å². The maximum absolute atomic E-state index is 13.4. The van der Waals surface area contributed by atoms with Crippen LogP contribution in [0.15, 0.2) is 18.2 Å². The monoisotopic (exact) mass is 354 g/mol. The molecule has 0 aliphatic carbocycles. The van der Waals surface area contributed by atoms with Gasteiger partial charge >= 0.3 is 6.18 Å². The van der Waals surface area contributed by atoms with Crippen molar-refractivity contribution in [1.82, 2.24) is 10.2 Å². The van der Waals surface area contributed by atoms with Crippen molar-refractivity contribution in [3.05, 3.63) is 35.1 Å². The molecule has 2 nitrogen and oxygen atoms in total.